The second-order valence-corrected chi connectivity index (χ2v) is 5.15. The molecule has 0 saturated heterocycles. The average Bonchev–Trinajstić information content (AvgIpc) is 2.67. The molecule has 2 heterocycles. The lowest BCUT2D eigenvalue weighted by molar-refractivity contribution is 0.102. The zero-order chi connectivity index (χ0) is 14.9. The van der Waals surface area contributed by atoms with E-state index in [2.05, 4.69) is 20.4 Å². The third-order valence-corrected chi connectivity index (χ3v) is 3.10. The van der Waals surface area contributed by atoms with Crippen molar-refractivity contribution in [1.29, 1.82) is 0 Å². The second kappa shape index (κ2) is 5.58. The van der Waals surface area contributed by atoms with Crippen LogP contribution >= 0.6 is 11.6 Å². The van der Waals surface area contributed by atoms with Gasteiger partial charge in [-0.15, -0.1) is 0 Å². The van der Waals surface area contributed by atoms with Crippen LogP contribution in [0.25, 0.3) is 0 Å². The number of carbonyl (C=O) groups excluding carboxylic acids is 1. The van der Waals surface area contributed by atoms with E-state index in [1.54, 1.807) is 0 Å². The first kappa shape index (κ1) is 14.5. The molecule has 2 aromatic heterocycles. The lowest BCUT2D eigenvalue weighted by Crippen LogP contribution is -2.15. The van der Waals surface area contributed by atoms with Crippen LogP contribution in [0.3, 0.4) is 0 Å². The second-order valence-electron chi connectivity index (χ2n) is 4.76. The highest BCUT2D eigenvalue weighted by Gasteiger charge is 2.17. The van der Waals surface area contributed by atoms with Crippen LogP contribution in [-0.2, 0) is 0 Å². The molecule has 0 aliphatic rings. The minimum absolute atomic E-state index is 0.213. The number of nitrogens with one attached hydrogen (secondary N) is 1. The third kappa shape index (κ3) is 2.80. The van der Waals surface area contributed by atoms with Gasteiger partial charge in [0.15, 0.2) is 0 Å². The Labute approximate surface area is 122 Å². The smallest absolute Gasteiger partial charge is 0.275 e. The predicted octanol–water partition coefficient (Wildman–Crippen LogP) is 2.78. The summed E-state index contributed by atoms with van der Waals surface area (Å²) in [6, 6.07) is 0.231. The first-order chi connectivity index (χ1) is 9.40. The number of hydrogen-bond acceptors (Lipinski definition) is 4. The molecule has 106 valence electrons. The van der Waals surface area contributed by atoms with Crippen molar-refractivity contribution in [2.75, 3.05) is 5.32 Å². The molecular weight excluding hydrogens is 278 g/mol. The van der Waals surface area contributed by atoms with Crippen molar-refractivity contribution in [3.05, 3.63) is 34.6 Å². The molecule has 0 atom stereocenters. The van der Waals surface area contributed by atoms with Gasteiger partial charge in [-0.1, -0.05) is 11.6 Å². The van der Waals surface area contributed by atoms with Gasteiger partial charge in [-0.25, -0.2) is 9.97 Å². The van der Waals surface area contributed by atoms with Crippen molar-refractivity contribution in [3.63, 3.8) is 0 Å². The molecule has 0 aromatic carbocycles. The molecule has 0 aliphatic heterocycles. The summed E-state index contributed by atoms with van der Waals surface area (Å²) in [6.45, 7) is 7.85. The number of halogens is 1. The van der Waals surface area contributed by atoms with Gasteiger partial charge in [0, 0.05) is 6.04 Å². The maximum absolute atomic E-state index is 12.1. The molecule has 2 aromatic rings. The van der Waals surface area contributed by atoms with Crippen molar-refractivity contribution in [2.45, 2.75) is 33.7 Å². The van der Waals surface area contributed by atoms with Crippen molar-refractivity contribution in [3.8, 4) is 0 Å². The van der Waals surface area contributed by atoms with Gasteiger partial charge < -0.3 is 5.32 Å². The summed E-state index contributed by atoms with van der Waals surface area (Å²) in [6.07, 6.45) is 2.68. The Bertz CT molecular complexity index is 633. The monoisotopic (exact) mass is 293 g/mol. The van der Waals surface area contributed by atoms with Crippen LogP contribution in [0.2, 0.25) is 5.15 Å². The highest BCUT2D eigenvalue weighted by atomic mass is 35.5. The van der Waals surface area contributed by atoms with Crippen molar-refractivity contribution < 1.29 is 4.79 Å². The quantitative estimate of drug-likeness (QED) is 0.944. The first-order valence-corrected chi connectivity index (χ1v) is 6.62. The van der Waals surface area contributed by atoms with Gasteiger partial charge >= 0.3 is 0 Å². The molecule has 0 spiro atoms. The molecule has 0 aliphatic carbocycles. The zero-order valence-electron chi connectivity index (χ0n) is 11.8. The molecular formula is C13H16ClN5O. The van der Waals surface area contributed by atoms with Crippen LogP contribution in [-0.4, -0.2) is 25.7 Å². The molecule has 0 radical (unpaired) electrons. The Hall–Kier alpha value is -1.95. The lowest BCUT2D eigenvalue weighted by atomic mass is 10.3. The van der Waals surface area contributed by atoms with Crippen LogP contribution in [0.5, 0.6) is 0 Å². The number of aromatic nitrogens is 4. The molecule has 0 bridgehead atoms. The highest BCUT2D eigenvalue weighted by molar-refractivity contribution is 6.29. The molecule has 20 heavy (non-hydrogen) atoms. The number of carbonyl (C=O) groups is 1. The van der Waals surface area contributed by atoms with Crippen LogP contribution in [0.4, 0.5) is 5.69 Å². The van der Waals surface area contributed by atoms with E-state index in [-0.39, 0.29) is 22.8 Å². The van der Waals surface area contributed by atoms with Crippen LogP contribution in [0.15, 0.2) is 12.4 Å². The average molecular weight is 294 g/mol. The molecule has 2 rings (SSSR count). The van der Waals surface area contributed by atoms with E-state index in [1.165, 1.54) is 12.4 Å². The Morgan fingerprint density at radius 3 is 2.50 bits per heavy atom. The Kier molecular flexibility index (Phi) is 4.04. The van der Waals surface area contributed by atoms with Gasteiger partial charge in [0.1, 0.15) is 10.8 Å². The Balaban J connectivity index is 2.26. The fourth-order valence-corrected chi connectivity index (χ4v) is 2.05. The third-order valence-electron chi connectivity index (χ3n) is 2.91. The Morgan fingerprint density at radius 1 is 1.30 bits per heavy atom. The maximum Gasteiger partial charge on any atom is 0.275 e. The molecule has 7 heteroatoms. The van der Waals surface area contributed by atoms with Crippen LogP contribution in [0.1, 0.15) is 41.8 Å². The van der Waals surface area contributed by atoms with Gasteiger partial charge in [-0.2, -0.15) is 5.10 Å². The molecule has 0 unspecified atom stereocenters. The maximum atomic E-state index is 12.1. The largest absolute Gasteiger partial charge is 0.317 e. The minimum Gasteiger partial charge on any atom is -0.317 e. The van der Waals surface area contributed by atoms with E-state index < -0.39 is 0 Å². The molecule has 0 fully saturated rings. The molecule has 1 N–H and O–H groups in total. The van der Waals surface area contributed by atoms with E-state index in [1.807, 2.05) is 32.4 Å². The fraction of sp³-hybridized carbons (Fsp3) is 0.385. The summed E-state index contributed by atoms with van der Waals surface area (Å²) in [5.74, 6) is -0.330. The molecule has 0 saturated carbocycles. The highest BCUT2D eigenvalue weighted by Crippen LogP contribution is 2.22. The summed E-state index contributed by atoms with van der Waals surface area (Å²) in [5, 5.41) is 7.49. The number of rotatable bonds is 3. The predicted molar refractivity (Wildman–Crippen MR) is 77.1 cm³/mol. The van der Waals surface area contributed by atoms with Gasteiger partial charge in [0.05, 0.1) is 29.5 Å². The number of nitrogens with zero attached hydrogens (tertiary/aromatic N) is 4. The van der Waals surface area contributed by atoms with Gasteiger partial charge in [0.2, 0.25) is 0 Å². The van der Waals surface area contributed by atoms with Gasteiger partial charge in [-0.05, 0) is 27.7 Å². The zero-order valence-corrected chi connectivity index (χ0v) is 12.6. The number of anilines is 1. The first-order valence-electron chi connectivity index (χ1n) is 6.24. The van der Waals surface area contributed by atoms with Crippen molar-refractivity contribution in [2.24, 2.45) is 0 Å². The Morgan fingerprint density at radius 2 is 2.00 bits per heavy atom. The topological polar surface area (TPSA) is 72.7 Å². The van der Waals surface area contributed by atoms with E-state index in [9.17, 15) is 4.79 Å². The normalized spacial score (nSPS) is 10.9. The number of hydrogen-bond donors (Lipinski definition) is 1. The molecule has 6 nitrogen and oxygen atoms in total. The minimum atomic E-state index is -0.330. The van der Waals surface area contributed by atoms with Crippen molar-refractivity contribution >= 4 is 23.2 Å². The number of aryl methyl sites for hydroxylation is 1. The standard InChI is InChI=1S/C13H16ClN5O/c1-7(2)19-9(4)12(8(3)18-19)17-13(20)10-5-16-11(14)6-15-10/h5-7H,1-4H3,(H,17,20). The summed E-state index contributed by atoms with van der Waals surface area (Å²) in [5.41, 5.74) is 2.60. The SMILES string of the molecule is Cc1nn(C(C)C)c(C)c1NC(=O)c1cnc(Cl)cn1. The summed E-state index contributed by atoms with van der Waals surface area (Å²) in [4.78, 5) is 19.9. The summed E-state index contributed by atoms with van der Waals surface area (Å²) in [7, 11) is 0. The van der Waals surface area contributed by atoms with Crippen LogP contribution in [0, 0.1) is 13.8 Å². The van der Waals surface area contributed by atoms with Gasteiger partial charge in [-0.3, -0.25) is 9.48 Å². The summed E-state index contributed by atoms with van der Waals surface area (Å²) < 4.78 is 1.87. The number of amides is 1. The van der Waals surface area contributed by atoms with E-state index >= 15 is 0 Å². The fourth-order valence-electron chi connectivity index (χ4n) is 1.95. The van der Waals surface area contributed by atoms with Crippen molar-refractivity contribution in [1.82, 2.24) is 19.7 Å². The lowest BCUT2D eigenvalue weighted by Gasteiger charge is -2.09. The van der Waals surface area contributed by atoms with Crippen LogP contribution < -0.4 is 5.32 Å². The molecule has 1 amide bonds. The van der Waals surface area contributed by atoms with Gasteiger partial charge in [0.25, 0.3) is 5.91 Å². The van der Waals surface area contributed by atoms with E-state index in [0.717, 1.165) is 11.4 Å². The van der Waals surface area contributed by atoms with E-state index in [4.69, 9.17) is 11.6 Å². The summed E-state index contributed by atoms with van der Waals surface area (Å²) >= 11 is 5.65. The van der Waals surface area contributed by atoms with E-state index in [0.29, 0.717) is 5.69 Å².